The Morgan fingerprint density at radius 2 is 1.82 bits per heavy atom. The Bertz CT molecular complexity index is 669. The molecule has 0 N–H and O–H groups in total. The second-order valence-electron chi connectivity index (χ2n) is 5.49. The predicted octanol–water partition coefficient (Wildman–Crippen LogP) is 3.69. The third-order valence-corrected chi connectivity index (χ3v) is 4.17. The molecular weight excluding hydrogens is 298 g/mol. The van der Waals surface area contributed by atoms with Crippen molar-refractivity contribution in [3.05, 3.63) is 64.7 Å². The first-order valence-electron chi connectivity index (χ1n) is 7.41. The quantitative estimate of drug-likeness (QED) is 0.864. The Morgan fingerprint density at radius 3 is 2.55 bits per heavy atom. The zero-order chi connectivity index (χ0) is 15.5. The van der Waals surface area contributed by atoms with E-state index in [4.69, 9.17) is 16.3 Å². The molecule has 4 heteroatoms. The van der Waals surface area contributed by atoms with Crippen molar-refractivity contribution in [2.45, 2.75) is 26.0 Å². The van der Waals surface area contributed by atoms with Gasteiger partial charge in [0, 0.05) is 18.1 Å². The second-order valence-corrected chi connectivity index (χ2v) is 5.93. The average molecular weight is 316 g/mol. The molecule has 2 aromatic rings. The highest BCUT2D eigenvalue weighted by Crippen LogP contribution is 2.21. The summed E-state index contributed by atoms with van der Waals surface area (Å²) in [4.78, 5) is 14.4. The van der Waals surface area contributed by atoms with Crippen molar-refractivity contribution in [1.29, 1.82) is 0 Å². The molecule has 0 fully saturated rings. The number of rotatable bonds is 3. The van der Waals surface area contributed by atoms with Crippen LogP contribution in [0.1, 0.15) is 18.1 Å². The normalized spacial score (nSPS) is 15.1. The Morgan fingerprint density at radius 1 is 1.14 bits per heavy atom. The molecule has 1 amide bonds. The third-order valence-electron chi connectivity index (χ3n) is 3.92. The Balaban J connectivity index is 1.65. The molecule has 2 aromatic carbocycles. The zero-order valence-corrected chi connectivity index (χ0v) is 13.2. The molecule has 0 bridgehead atoms. The number of hydrogen-bond donors (Lipinski definition) is 0. The second kappa shape index (κ2) is 6.41. The summed E-state index contributed by atoms with van der Waals surface area (Å²) in [6.07, 6.45) is 0.390. The van der Waals surface area contributed by atoms with Gasteiger partial charge in [-0.3, -0.25) is 4.79 Å². The van der Waals surface area contributed by atoms with Crippen LogP contribution in [0.5, 0.6) is 5.75 Å². The van der Waals surface area contributed by atoms with Crippen LogP contribution in [0, 0.1) is 0 Å². The molecule has 0 saturated heterocycles. The highest BCUT2D eigenvalue weighted by Gasteiger charge is 2.25. The molecule has 0 spiro atoms. The van der Waals surface area contributed by atoms with E-state index in [1.165, 1.54) is 11.1 Å². The van der Waals surface area contributed by atoms with E-state index < -0.39 is 6.10 Å². The summed E-state index contributed by atoms with van der Waals surface area (Å²) in [5.41, 5.74) is 2.55. The van der Waals surface area contributed by atoms with Crippen molar-refractivity contribution in [2.75, 3.05) is 6.54 Å². The third kappa shape index (κ3) is 3.25. The van der Waals surface area contributed by atoms with Crippen molar-refractivity contribution in [1.82, 2.24) is 4.90 Å². The molecule has 0 radical (unpaired) electrons. The van der Waals surface area contributed by atoms with Crippen molar-refractivity contribution in [3.8, 4) is 5.75 Å². The maximum Gasteiger partial charge on any atom is 0.263 e. The Kier molecular flexibility index (Phi) is 4.34. The molecule has 1 atom stereocenters. The number of fused-ring (bicyclic) bond motifs is 1. The molecule has 0 aliphatic carbocycles. The molecule has 22 heavy (non-hydrogen) atoms. The van der Waals surface area contributed by atoms with Crippen molar-refractivity contribution in [2.24, 2.45) is 0 Å². The summed E-state index contributed by atoms with van der Waals surface area (Å²) in [5.74, 6) is 0.673. The van der Waals surface area contributed by atoms with E-state index in [2.05, 4.69) is 12.1 Å². The first-order chi connectivity index (χ1) is 10.6. The van der Waals surface area contributed by atoms with Gasteiger partial charge < -0.3 is 9.64 Å². The number of halogens is 1. The van der Waals surface area contributed by atoms with Gasteiger partial charge >= 0.3 is 0 Å². The minimum absolute atomic E-state index is 0.0180. The maximum atomic E-state index is 12.6. The molecular formula is C18H18ClNO2. The molecule has 1 aliphatic rings. The molecule has 1 heterocycles. The fraction of sp³-hybridized carbons (Fsp3) is 0.278. The number of amides is 1. The molecule has 0 unspecified atom stereocenters. The number of ether oxygens (including phenoxy) is 1. The van der Waals surface area contributed by atoms with Crippen LogP contribution in [0.4, 0.5) is 0 Å². The van der Waals surface area contributed by atoms with Crippen molar-refractivity contribution in [3.63, 3.8) is 0 Å². The Hall–Kier alpha value is -2.00. The van der Waals surface area contributed by atoms with Crippen LogP contribution in [-0.4, -0.2) is 23.5 Å². The highest BCUT2D eigenvalue weighted by atomic mass is 35.5. The number of carbonyl (C=O) groups excluding carboxylic acids is 1. The summed E-state index contributed by atoms with van der Waals surface area (Å²) in [6.45, 7) is 3.19. The average Bonchev–Trinajstić information content (AvgIpc) is 2.55. The maximum absolute atomic E-state index is 12.6. The smallest absolute Gasteiger partial charge is 0.263 e. The summed E-state index contributed by atoms with van der Waals surface area (Å²) < 4.78 is 5.72. The van der Waals surface area contributed by atoms with Crippen molar-refractivity contribution >= 4 is 17.5 Å². The van der Waals surface area contributed by atoms with Crippen LogP contribution in [0.25, 0.3) is 0 Å². The van der Waals surface area contributed by atoms with E-state index in [0.717, 1.165) is 13.0 Å². The lowest BCUT2D eigenvalue weighted by Crippen LogP contribution is -2.43. The van der Waals surface area contributed by atoms with Gasteiger partial charge in [0.25, 0.3) is 5.91 Å². The number of benzene rings is 2. The first-order valence-corrected chi connectivity index (χ1v) is 7.79. The summed E-state index contributed by atoms with van der Waals surface area (Å²) in [6, 6.07) is 15.3. The molecule has 114 valence electrons. The van der Waals surface area contributed by atoms with Crippen molar-refractivity contribution < 1.29 is 9.53 Å². The number of carbonyl (C=O) groups is 1. The number of hydrogen-bond acceptors (Lipinski definition) is 2. The van der Waals surface area contributed by atoms with Gasteiger partial charge in [0.15, 0.2) is 6.10 Å². The molecule has 0 saturated carbocycles. The van der Waals surface area contributed by atoms with Crippen LogP contribution < -0.4 is 4.74 Å². The summed E-state index contributed by atoms with van der Waals surface area (Å²) >= 11 is 5.85. The van der Waals surface area contributed by atoms with Gasteiger partial charge in [0.2, 0.25) is 0 Å². The van der Waals surface area contributed by atoms with E-state index in [0.29, 0.717) is 17.3 Å². The highest BCUT2D eigenvalue weighted by molar-refractivity contribution is 6.30. The minimum atomic E-state index is -0.508. The minimum Gasteiger partial charge on any atom is -0.481 e. The fourth-order valence-electron chi connectivity index (χ4n) is 2.71. The number of nitrogens with zero attached hydrogens (tertiary/aromatic N) is 1. The van der Waals surface area contributed by atoms with E-state index in [9.17, 15) is 4.79 Å². The summed E-state index contributed by atoms with van der Waals surface area (Å²) in [5, 5.41) is 0.652. The Labute approximate surface area is 135 Å². The van der Waals surface area contributed by atoms with Gasteiger partial charge in [-0.25, -0.2) is 0 Å². The van der Waals surface area contributed by atoms with E-state index >= 15 is 0 Å². The zero-order valence-electron chi connectivity index (χ0n) is 12.5. The summed E-state index contributed by atoms with van der Waals surface area (Å²) in [7, 11) is 0. The van der Waals surface area contributed by atoms with Crippen LogP contribution >= 0.6 is 11.6 Å². The van der Waals surface area contributed by atoms with Gasteiger partial charge in [-0.1, -0.05) is 35.9 Å². The first kappa shape index (κ1) is 14.9. The molecule has 3 rings (SSSR count). The van der Waals surface area contributed by atoms with Gasteiger partial charge in [0.1, 0.15) is 5.75 Å². The predicted molar refractivity (Wildman–Crippen MR) is 87.1 cm³/mol. The monoisotopic (exact) mass is 315 g/mol. The lowest BCUT2D eigenvalue weighted by atomic mass is 9.99. The van der Waals surface area contributed by atoms with E-state index in [-0.39, 0.29) is 5.91 Å². The van der Waals surface area contributed by atoms with Crippen LogP contribution in [0.2, 0.25) is 5.02 Å². The van der Waals surface area contributed by atoms with Crippen LogP contribution in [0.3, 0.4) is 0 Å². The van der Waals surface area contributed by atoms with Gasteiger partial charge in [-0.2, -0.15) is 0 Å². The lowest BCUT2D eigenvalue weighted by molar-refractivity contribution is -0.138. The van der Waals surface area contributed by atoms with Gasteiger partial charge in [-0.05, 0) is 48.7 Å². The molecule has 1 aliphatic heterocycles. The van der Waals surface area contributed by atoms with Gasteiger partial charge in [-0.15, -0.1) is 0 Å². The van der Waals surface area contributed by atoms with E-state index in [1.807, 2.05) is 17.0 Å². The largest absolute Gasteiger partial charge is 0.481 e. The lowest BCUT2D eigenvalue weighted by Gasteiger charge is -2.31. The standard InChI is InChI=1S/C18H18ClNO2/c1-13(22-17-8-6-16(19)7-9-17)18(21)20-11-10-14-4-2-3-5-15(14)12-20/h2-9,13H,10-12H2,1H3/t13-/m1/s1. The van der Waals surface area contributed by atoms with E-state index in [1.54, 1.807) is 31.2 Å². The van der Waals surface area contributed by atoms with Gasteiger partial charge in [0.05, 0.1) is 0 Å². The molecule has 0 aromatic heterocycles. The fourth-order valence-corrected chi connectivity index (χ4v) is 2.83. The van der Waals surface area contributed by atoms with Crippen LogP contribution in [-0.2, 0) is 17.8 Å². The SMILES string of the molecule is C[C@@H](Oc1ccc(Cl)cc1)C(=O)N1CCc2ccccc2C1. The molecule has 3 nitrogen and oxygen atoms in total. The van der Waals surface area contributed by atoms with Crippen LogP contribution in [0.15, 0.2) is 48.5 Å². The topological polar surface area (TPSA) is 29.5 Å².